The number of aromatic nitrogens is 1. The number of anilines is 1. The Morgan fingerprint density at radius 2 is 1.81 bits per heavy atom. The molecule has 2 aromatic carbocycles. The van der Waals surface area contributed by atoms with Gasteiger partial charge in [0, 0.05) is 17.1 Å². The van der Waals surface area contributed by atoms with Gasteiger partial charge in [-0.25, -0.2) is 0 Å². The van der Waals surface area contributed by atoms with Crippen molar-refractivity contribution >= 4 is 22.5 Å². The van der Waals surface area contributed by atoms with E-state index < -0.39 is 23.1 Å². The molecule has 3 aromatic rings. The number of halogens is 3. The first-order valence-corrected chi connectivity index (χ1v) is 8.31. The number of carbonyl (C=O) groups excluding carboxylic acids is 1. The number of para-hydroxylation sites is 1. The van der Waals surface area contributed by atoms with Gasteiger partial charge in [-0.3, -0.25) is 9.59 Å². The normalized spacial score (nSPS) is 11.8. The van der Waals surface area contributed by atoms with Gasteiger partial charge in [0.2, 0.25) is 5.43 Å². The van der Waals surface area contributed by atoms with Crippen molar-refractivity contribution in [3.63, 3.8) is 0 Å². The summed E-state index contributed by atoms with van der Waals surface area (Å²) in [5.41, 5.74) is -1.09. The lowest BCUT2D eigenvalue weighted by molar-refractivity contribution is -0.137. The predicted octanol–water partition coefficient (Wildman–Crippen LogP) is 4.92. The van der Waals surface area contributed by atoms with Crippen LogP contribution in [0.1, 0.15) is 41.3 Å². The van der Waals surface area contributed by atoms with Gasteiger partial charge in [0.1, 0.15) is 5.56 Å². The second kappa shape index (κ2) is 6.90. The average Bonchev–Trinajstić information content (AvgIpc) is 2.61. The van der Waals surface area contributed by atoms with Gasteiger partial charge in [0.05, 0.1) is 11.3 Å². The monoisotopic (exact) mass is 374 g/mol. The molecule has 7 heteroatoms. The number of alkyl halides is 3. The van der Waals surface area contributed by atoms with E-state index >= 15 is 0 Å². The zero-order valence-electron chi connectivity index (χ0n) is 14.6. The third kappa shape index (κ3) is 3.72. The minimum absolute atomic E-state index is 0.0980. The van der Waals surface area contributed by atoms with Crippen LogP contribution < -0.4 is 10.7 Å². The van der Waals surface area contributed by atoms with Crippen molar-refractivity contribution in [2.45, 2.75) is 25.9 Å². The van der Waals surface area contributed by atoms with E-state index in [4.69, 9.17) is 0 Å². The highest BCUT2D eigenvalue weighted by Gasteiger charge is 2.34. The van der Waals surface area contributed by atoms with Crippen LogP contribution in [-0.2, 0) is 6.18 Å². The molecule has 0 aliphatic rings. The fourth-order valence-electron chi connectivity index (χ4n) is 2.79. The third-order valence-electron chi connectivity index (χ3n) is 4.30. The van der Waals surface area contributed by atoms with Crippen LogP contribution in [0.15, 0.2) is 53.5 Å². The average molecular weight is 374 g/mol. The van der Waals surface area contributed by atoms with E-state index in [1.165, 1.54) is 18.3 Å². The van der Waals surface area contributed by atoms with Gasteiger partial charge >= 0.3 is 6.18 Å². The first-order valence-electron chi connectivity index (χ1n) is 8.31. The Hall–Kier alpha value is -3.09. The van der Waals surface area contributed by atoms with Gasteiger partial charge in [-0.2, -0.15) is 13.2 Å². The molecule has 1 aromatic heterocycles. The first kappa shape index (κ1) is 18.7. The number of pyridine rings is 1. The maximum absolute atomic E-state index is 13.4. The van der Waals surface area contributed by atoms with Crippen LogP contribution >= 0.6 is 0 Å². The summed E-state index contributed by atoms with van der Waals surface area (Å²) in [7, 11) is 0. The van der Waals surface area contributed by atoms with E-state index in [0.29, 0.717) is 11.1 Å². The van der Waals surface area contributed by atoms with E-state index in [1.54, 1.807) is 38.1 Å². The highest BCUT2D eigenvalue weighted by Crippen LogP contribution is 2.36. The Labute approximate surface area is 153 Å². The van der Waals surface area contributed by atoms with Crippen LogP contribution in [0.2, 0.25) is 0 Å². The first-order chi connectivity index (χ1) is 12.7. The SMILES string of the molecule is CC(C)c1ccc(NC(=O)c2c[nH]c3ccccc3c2=O)c(C(F)(F)F)c1. The number of H-pyrrole nitrogens is 1. The Morgan fingerprint density at radius 1 is 1.11 bits per heavy atom. The van der Waals surface area contributed by atoms with Crippen LogP contribution in [0.5, 0.6) is 0 Å². The summed E-state index contributed by atoms with van der Waals surface area (Å²) in [5, 5.41) is 2.51. The Kier molecular flexibility index (Phi) is 4.78. The summed E-state index contributed by atoms with van der Waals surface area (Å²) in [6.45, 7) is 3.56. The fraction of sp³-hybridized carbons (Fsp3) is 0.200. The van der Waals surface area contributed by atoms with E-state index in [1.807, 2.05) is 0 Å². The lowest BCUT2D eigenvalue weighted by Gasteiger charge is -2.16. The summed E-state index contributed by atoms with van der Waals surface area (Å²) in [4.78, 5) is 27.8. The molecular formula is C20H17F3N2O2. The number of hydrogen-bond donors (Lipinski definition) is 2. The molecule has 0 radical (unpaired) electrons. The maximum Gasteiger partial charge on any atom is 0.418 e. The van der Waals surface area contributed by atoms with Gasteiger partial charge in [0.15, 0.2) is 0 Å². The number of hydrogen-bond acceptors (Lipinski definition) is 2. The summed E-state index contributed by atoms with van der Waals surface area (Å²) < 4.78 is 40.2. The highest BCUT2D eigenvalue weighted by molar-refractivity contribution is 6.06. The molecule has 0 bridgehead atoms. The molecule has 4 nitrogen and oxygen atoms in total. The van der Waals surface area contributed by atoms with Crippen LogP contribution in [0, 0.1) is 0 Å². The van der Waals surface area contributed by atoms with Gasteiger partial charge in [-0.15, -0.1) is 0 Å². The van der Waals surface area contributed by atoms with Crippen molar-refractivity contribution in [1.82, 2.24) is 4.98 Å². The minimum Gasteiger partial charge on any atom is -0.360 e. The molecule has 0 aliphatic heterocycles. The van der Waals surface area contributed by atoms with Gasteiger partial charge in [-0.05, 0) is 35.7 Å². The third-order valence-corrected chi connectivity index (χ3v) is 4.30. The number of aromatic amines is 1. The van der Waals surface area contributed by atoms with Gasteiger partial charge < -0.3 is 10.3 Å². The van der Waals surface area contributed by atoms with Crippen molar-refractivity contribution < 1.29 is 18.0 Å². The summed E-state index contributed by atoms with van der Waals surface area (Å²) in [5.74, 6) is -0.996. The van der Waals surface area contributed by atoms with E-state index in [2.05, 4.69) is 10.3 Å². The second-order valence-corrected chi connectivity index (χ2v) is 6.49. The molecule has 2 N–H and O–H groups in total. The largest absolute Gasteiger partial charge is 0.418 e. The van der Waals surface area contributed by atoms with Gasteiger partial charge in [0.25, 0.3) is 5.91 Å². The number of amides is 1. The number of benzene rings is 2. The molecule has 0 unspecified atom stereocenters. The van der Waals surface area contributed by atoms with E-state index in [-0.39, 0.29) is 22.6 Å². The van der Waals surface area contributed by atoms with Gasteiger partial charge in [-0.1, -0.05) is 32.0 Å². The molecule has 0 spiro atoms. The van der Waals surface area contributed by atoms with Crippen LogP contribution in [0.3, 0.4) is 0 Å². The van der Waals surface area contributed by atoms with Crippen molar-refractivity contribution in [2.75, 3.05) is 5.32 Å². The molecule has 3 rings (SSSR count). The lowest BCUT2D eigenvalue weighted by atomic mass is 9.99. The Morgan fingerprint density at radius 3 is 2.48 bits per heavy atom. The van der Waals surface area contributed by atoms with Crippen molar-refractivity contribution in [1.29, 1.82) is 0 Å². The fourth-order valence-corrected chi connectivity index (χ4v) is 2.79. The molecule has 0 saturated heterocycles. The zero-order valence-corrected chi connectivity index (χ0v) is 14.6. The summed E-state index contributed by atoms with van der Waals surface area (Å²) in [6.07, 6.45) is -3.43. The molecule has 27 heavy (non-hydrogen) atoms. The molecule has 0 saturated carbocycles. The molecule has 140 valence electrons. The standard InChI is InChI=1S/C20H17F3N2O2/c1-11(2)12-7-8-17(15(9-12)20(21,22)23)25-19(27)14-10-24-16-6-4-3-5-13(16)18(14)26/h3-11H,1-2H3,(H,24,26)(H,25,27). The zero-order chi connectivity index (χ0) is 19.8. The highest BCUT2D eigenvalue weighted by atomic mass is 19.4. The van der Waals surface area contributed by atoms with Crippen LogP contribution in [0.4, 0.5) is 18.9 Å². The number of nitrogens with one attached hydrogen (secondary N) is 2. The minimum atomic E-state index is -4.64. The predicted molar refractivity (Wildman–Crippen MR) is 98.1 cm³/mol. The molecule has 1 heterocycles. The van der Waals surface area contributed by atoms with E-state index in [9.17, 15) is 22.8 Å². The molecule has 1 amide bonds. The Bertz CT molecular complexity index is 1070. The molecule has 0 atom stereocenters. The summed E-state index contributed by atoms with van der Waals surface area (Å²) in [6, 6.07) is 10.3. The van der Waals surface area contributed by atoms with Crippen molar-refractivity contribution in [3.05, 3.63) is 75.6 Å². The maximum atomic E-state index is 13.4. The Balaban J connectivity index is 2.02. The van der Waals surface area contributed by atoms with Crippen LogP contribution in [-0.4, -0.2) is 10.9 Å². The molecule has 0 aliphatic carbocycles. The van der Waals surface area contributed by atoms with E-state index in [0.717, 1.165) is 6.07 Å². The van der Waals surface area contributed by atoms with Crippen molar-refractivity contribution in [3.8, 4) is 0 Å². The van der Waals surface area contributed by atoms with Crippen LogP contribution in [0.25, 0.3) is 10.9 Å². The number of carbonyl (C=O) groups is 1. The smallest absolute Gasteiger partial charge is 0.360 e. The summed E-state index contributed by atoms with van der Waals surface area (Å²) >= 11 is 0. The second-order valence-electron chi connectivity index (χ2n) is 6.49. The lowest BCUT2D eigenvalue weighted by Crippen LogP contribution is -2.23. The molecule has 0 fully saturated rings. The van der Waals surface area contributed by atoms with Crippen molar-refractivity contribution in [2.24, 2.45) is 0 Å². The molecular weight excluding hydrogens is 357 g/mol. The topological polar surface area (TPSA) is 62.0 Å². The quantitative estimate of drug-likeness (QED) is 0.683. The number of fused-ring (bicyclic) bond motifs is 1. The number of rotatable bonds is 3.